The molecule has 0 radical (unpaired) electrons. The van der Waals surface area contributed by atoms with E-state index in [-0.39, 0.29) is 49.4 Å². The molecule has 0 bridgehead atoms. The summed E-state index contributed by atoms with van der Waals surface area (Å²) < 4.78 is 21.2. The molecule has 2 aromatic carbocycles. The molecule has 16 nitrogen and oxygen atoms in total. The van der Waals surface area contributed by atoms with Crippen LogP contribution < -0.4 is 32.3 Å². The van der Waals surface area contributed by atoms with Crippen LogP contribution >= 0.6 is 0 Å². The van der Waals surface area contributed by atoms with Gasteiger partial charge in [0.2, 0.25) is 0 Å². The van der Waals surface area contributed by atoms with Gasteiger partial charge >= 0.3 is 30.1 Å². The molecule has 16 heteroatoms. The summed E-state index contributed by atoms with van der Waals surface area (Å²) in [6.45, 7) is 2.20. The van der Waals surface area contributed by atoms with E-state index in [9.17, 15) is 24.0 Å². The van der Waals surface area contributed by atoms with Crippen LogP contribution in [0.4, 0.5) is 9.59 Å². The Kier molecular flexibility index (Phi) is 29.9. The van der Waals surface area contributed by atoms with Gasteiger partial charge in [-0.25, -0.2) is 9.59 Å². The van der Waals surface area contributed by atoms with Crippen LogP contribution in [0.3, 0.4) is 0 Å². The Hall–Kier alpha value is -4.77. The number of carboxylic acids is 1. The quantitative estimate of drug-likeness (QED) is 0.0322. The summed E-state index contributed by atoms with van der Waals surface area (Å²) in [5.74, 6) is -1.10. The van der Waals surface area contributed by atoms with E-state index >= 15 is 0 Å². The van der Waals surface area contributed by atoms with Gasteiger partial charge in [-0.15, -0.1) is 0 Å². The second-order valence-corrected chi connectivity index (χ2v) is 15.8. The first-order valence-corrected chi connectivity index (χ1v) is 22.8. The lowest BCUT2D eigenvalue weighted by Crippen LogP contribution is -2.37. The molecule has 3 atom stereocenters. The summed E-state index contributed by atoms with van der Waals surface area (Å²) in [5, 5.41) is 23.0. The molecular weight excluding hydrogens is 809 g/mol. The first-order valence-electron chi connectivity index (χ1n) is 22.8. The SMILES string of the molecule is CNC(CCCCN)C(=O)OC1CCCC1.CNC(CCCCNC(=O)OCc1ccccc1)C(=O)O.CNC(CCCCNC(=O)OCc1ccccc1)C(=O)OC1CCCC1. The number of hydrogen-bond acceptors (Lipinski definition) is 13. The van der Waals surface area contributed by atoms with Gasteiger partial charge in [0, 0.05) is 13.1 Å². The molecule has 2 aromatic rings. The van der Waals surface area contributed by atoms with E-state index in [0.29, 0.717) is 38.9 Å². The first-order chi connectivity index (χ1) is 30.6. The molecule has 354 valence electrons. The standard InChI is InChI=1S/C20H30N2O4.C15H22N2O4.C12H24N2O2/c1-21-18(19(23)26-17-11-5-6-12-17)13-7-8-14-22-20(24)25-15-16-9-3-2-4-10-16;1-16-13(14(18)19)9-5-6-10-17-15(20)21-11-12-7-3-2-4-8-12;1-14-11(8-4-5-9-13)12(15)16-10-6-2-3-7-10/h2-4,9-10,17-18,21H,5-8,11-15H2,1H3,(H,22,24);2-4,7-8,13,16H,5-6,9-11H2,1H3,(H,17,20)(H,18,19);10-11,14H,2-9,13H2,1H3. The molecule has 3 unspecified atom stereocenters. The number of amides is 2. The van der Waals surface area contributed by atoms with E-state index in [0.717, 1.165) is 88.2 Å². The van der Waals surface area contributed by atoms with Gasteiger partial charge in [-0.3, -0.25) is 14.4 Å². The number of aliphatic carboxylic acids is 1. The van der Waals surface area contributed by atoms with Crippen LogP contribution in [-0.4, -0.2) is 106 Å². The number of rotatable bonds is 26. The molecule has 0 spiro atoms. The van der Waals surface area contributed by atoms with Crippen LogP contribution in [0.15, 0.2) is 60.7 Å². The highest BCUT2D eigenvalue weighted by molar-refractivity contribution is 5.76. The van der Waals surface area contributed by atoms with Crippen molar-refractivity contribution in [2.24, 2.45) is 5.73 Å². The lowest BCUT2D eigenvalue weighted by atomic mass is 10.1. The van der Waals surface area contributed by atoms with Gasteiger partial charge < -0.3 is 56.4 Å². The third kappa shape index (κ3) is 25.8. The van der Waals surface area contributed by atoms with Crippen LogP contribution in [0.5, 0.6) is 0 Å². The van der Waals surface area contributed by atoms with Crippen molar-refractivity contribution in [3.63, 3.8) is 0 Å². The van der Waals surface area contributed by atoms with E-state index in [1.807, 2.05) is 67.7 Å². The third-order valence-corrected chi connectivity index (χ3v) is 10.8. The van der Waals surface area contributed by atoms with Crippen LogP contribution in [0.2, 0.25) is 0 Å². The minimum Gasteiger partial charge on any atom is -0.480 e. The Morgan fingerprint density at radius 1 is 0.571 bits per heavy atom. The Morgan fingerprint density at radius 3 is 1.29 bits per heavy atom. The minimum absolute atomic E-state index is 0.0913. The highest BCUT2D eigenvalue weighted by Gasteiger charge is 2.25. The molecule has 0 heterocycles. The lowest BCUT2D eigenvalue weighted by molar-refractivity contribution is -0.152. The second-order valence-electron chi connectivity index (χ2n) is 15.8. The van der Waals surface area contributed by atoms with Crippen molar-refractivity contribution in [3.05, 3.63) is 71.8 Å². The van der Waals surface area contributed by atoms with Crippen molar-refractivity contribution >= 4 is 30.1 Å². The fourth-order valence-electron chi connectivity index (χ4n) is 7.03. The van der Waals surface area contributed by atoms with Gasteiger partial charge in [0.1, 0.15) is 43.5 Å². The molecule has 0 aliphatic heterocycles. The van der Waals surface area contributed by atoms with E-state index in [1.165, 1.54) is 12.8 Å². The highest BCUT2D eigenvalue weighted by Crippen LogP contribution is 2.23. The number of carboxylic acid groups (broad SMARTS) is 1. The summed E-state index contributed by atoms with van der Waals surface area (Å²) in [5.41, 5.74) is 7.32. The predicted molar refractivity (Wildman–Crippen MR) is 243 cm³/mol. The van der Waals surface area contributed by atoms with E-state index in [1.54, 1.807) is 14.1 Å². The number of benzene rings is 2. The number of ether oxygens (including phenoxy) is 4. The number of hydrogen-bond donors (Lipinski definition) is 7. The Balaban J connectivity index is 0.000000335. The number of nitrogens with two attached hydrogens (primary N) is 1. The molecule has 2 amide bonds. The van der Waals surface area contributed by atoms with Gasteiger partial charge in [-0.1, -0.05) is 67.1 Å². The predicted octanol–water partition coefficient (Wildman–Crippen LogP) is 6.10. The van der Waals surface area contributed by atoms with Gasteiger partial charge in [0.25, 0.3) is 0 Å². The van der Waals surface area contributed by atoms with Gasteiger partial charge in [0.15, 0.2) is 0 Å². The number of unbranched alkanes of at least 4 members (excludes halogenated alkanes) is 3. The second kappa shape index (κ2) is 34.7. The van der Waals surface area contributed by atoms with Gasteiger partial charge in [-0.05, 0) is 142 Å². The Labute approximate surface area is 374 Å². The zero-order chi connectivity index (χ0) is 45.9. The maximum absolute atomic E-state index is 12.1. The monoisotopic (exact) mass is 885 g/mol. The highest BCUT2D eigenvalue weighted by atomic mass is 16.6. The van der Waals surface area contributed by atoms with E-state index in [4.69, 9.17) is 29.8 Å². The summed E-state index contributed by atoms with van der Waals surface area (Å²) in [6.07, 6.45) is 15.1. The average Bonchev–Trinajstić information content (AvgIpc) is 4.02. The van der Waals surface area contributed by atoms with Crippen LogP contribution in [0, 0.1) is 0 Å². The van der Waals surface area contributed by atoms with E-state index < -0.39 is 24.2 Å². The van der Waals surface area contributed by atoms with Crippen molar-refractivity contribution in [2.75, 3.05) is 40.8 Å². The van der Waals surface area contributed by atoms with Gasteiger partial charge in [-0.2, -0.15) is 0 Å². The molecule has 8 N–H and O–H groups in total. The zero-order valence-corrected chi connectivity index (χ0v) is 37.9. The lowest BCUT2D eigenvalue weighted by Gasteiger charge is -2.18. The molecule has 2 saturated carbocycles. The molecule has 4 rings (SSSR count). The third-order valence-electron chi connectivity index (χ3n) is 10.8. The number of carbonyl (C=O) groups is 5. The summed E-state index contributed by atoms with van der Waals surface area (Å²) >= 11 is 0. The van der Waals surface area contributed by atoms with Crippen molar-refractivity contribution < 1.29 is 48.0 Å². The largest absolute Gasteiger partial charge is 0.480 e. The smallest absolute Gasteiger partial charge is 0.407 e. The minimum atomic E-state index is -0.854. The number of likely N-dealkylation sites (N-methyl/N-ethyl adjacent to an activating group) is 3. The molecule has 2 fully saturated rings. The number of esters is 2. The van der Waals surface area contributed by atoms with E-state index in [2.05, 4.69) is 26.6 Å². The van der Waals surface area contributed by atoms with Crippen molar-refractivity contribution in [1.82, 2.24) is 26.6 Å². The van der Waals surface area contributed by atoms with Crippen molar-refractivity contribution in [2.45, 2.75) is 153 Å². The average molecular weight is 885 g/mol. The summed E-state index contributed by atoms with van der Waals surface area (Å²) in [6, 6.07) is 18.0. The summed E-state index contributed by atoms with van der Waals surface area (Å²) in [7, 11) is 5.21. The molecule has 0 saturated heterocycles. The maximum atomic E-state index is 12.1. The van der Waals surface area contributed by atoms with Crippen LogP contribution in [-0.2, 0) is 46.5 Å². The number of carbonyl (C=O) groups excluding carboxylic acids is 4. The molecule has 2 aliphatic carbocycles. The van der Waals surface area contributed by atoms with Crippen LogP contribution in [0.1, 0.15) is 120 Å². The zero-order valence-electron chi connectivity index (χ0n) is 37.9. The fraction of sp³-hybridized carbons (Fsp3) is 0.638. The van der Waals surface area contributed by atoms with Crippen molar-refractivity contribution in [3.8, 4) is 0 Å². The molecular formula is C47H76N6O10. The maximum Gasteiger partial charge on any atom is 0.407 e. The first kappa shape index (κ1) is 54.4. The van der Waals surface area contributed by atoms with Crippen molar-refractivity contribution in [1.29, 1.82) is 0 Å². The fourth-order valence-corrected chi connectivity index (χ4v) is 7.03. The Morgan fingerprint density at radius 2 is 0.937 bits per heavy atom. The molecule has 63 heavy (non-hydrogen) atoms. The topological polar surface area (TPSA) is 229 Å². The molecule has 2 aliphatic rings. The van der Waals surface area contributed by atoms with Crippen LogP contribution in [0.25, 0.3) is 0 Å². The molecule has 0 aromatic heterocycles. The summed E-state index contributed by atoms with van der Waals surface area (Å²) in [4.78, 5) is 57.8. The normalized spacial score (nSPS) is 15.0. The van der Waals surface area contributed by atoms with Gasteiger partial charge in [0.05, 0.1) is 0 Å². The Bertz CT molecular complexity index is 1530. The number of nitrogens with one attached hydrogen (secondary N) is 5. The number of alkyl carbamates (subject to hydrolysis) is 2.